The molecule has 0 aliphatic rings. The molecule has 9 rings (SSSR count). The van der Waals surface area contributed by atoms with Crippen LogP contribution in [0.1, 0.15) is 0 Å². The summed E-state index contributed by atoms with van der Waals surface area (Å²) in [4.78, 5) is 15.2. The molecular weight excluding hydrogens is 560 g/mol. The molecule has 7 aromatic carbocycles. The van der Waals surface area contributed by atoms with Gasteiger partial charge in [-0.2, -0.15) is 9.97 Å². The van der Waals surface area contributed by atoms with E-state index in [-0.39, 0.29) is 0 Å². The van der Waals surface area contributed by atoms with E-state index in [0.717, 1.165) is 43.5 Å². The van der Waals surface area contributed by atoms with E-state index >= 15 is 0 Å². The molecule has 0 saturated carbocycles. The normalized spacial score (nSPS) is 11.8. The molecule has 0 aliphatic heterocycles. The second-order valence-corrected chi connectivity index (χ2v) is 11.5. The number of nitrogens with zero attached hydrogens (tertiary/aromatic N) is 4. The summed E-state index contributed by atoms with van der Waals surface area (Å²) < 4.78 is 2.18. The maximum Gasteiger partial charge on any atom is 0.238 e. The number of aromatic nitrogens is 4. The lowest BCUT2D eigenvalue weighted by Crippen LogP contribution is -2.06. The minimum Gasteiger partial charge on any atom is -0.278 e. The standard InChI is InChI=1S/C39H23ClN4/c40-28-21-22-29-30-13-7-15-33-35(30)36-31(32(29)23-28)14-8-16-34(36)44(33)39-42-37(26-11-5-2-6-12-26)41-38(43-39)27-19-17-25(18-20-27)24-9-3-1-4-10-24/h1-23H. The quantitative estimate of drug-likeness (QED) is 0.194. The van der Waals surface area contributed by atoms with Gasteiger partial charge in [-0.15, -0.1) is 0 Å². The van der Waals surface area contributed by atoms with E-state index < -0.39 is 0 Å². The van der Waals surface area contributed by atoms with Gasteiger partial charge in [0, 0.05) is 26.9 Å². The second-order valence-electron chi connectivity index (χ2n) is 11.0. The van der Waals surface area contributed by atoms with Crippen molar-refractivity contribution in [1.29, 1.82) is 0 Å². The van der Waals surface area contributed by atoms with Gasteiger partial charge in [0.05, 0.1) is 11.0 Å². The minimum atomic E-state index is 0.583. The monoisotopic (exact) mass is 582 g/mol. The fourth-order valence-corrected chi connectivity index (χ4v) is 6.67. The molecule has 0 N–H and O–H groups in total. The molecule has 0 saturated heterocycles. The zero-order chi connectivity index (χ0) is 29.2. The van der Waals surface area contributed by atoms with Crippen LogP contribution in [0.2, 0.25) is 5.02 Å². The molecule has 0 aliphatic carbocycles. The molecule has 2 heterocycles. The van der Waals surface area contributed by atoms with E-state index in [1.165, 1.54) is 27.1 Å². The topological polar surface area (TPSA) is 43.6 Å². The molecule has 0 amide bonds. The number of halogens is 1. The molecule has 0 spiro atoms. The van der Waals surface area contributed by atoms with E-state index in [0.29, 0.717) is 17.6 Å². The average Bonchev–Trinajstić information content (AvgIpc) is 3.44. The second kappa shape index (κ2) is 9.73. The average molecular weight is 583 g/mol. The maximum atomic E-state index is 6.51. The largest absolute Gasteiger partial charge is 0.278 e. The van der Waals surface area contributed by atoms with Gasteiger partial charge in [-0.05, 0) is 56.9 Å². The molecule has 0 radical (unpaired) electrons. The highest BCUT2D eigenvalue weighted by molar-refractivity contribution is 6.36. The van der Waals surface area contributed by atoms with Crippen molar-refractivity contribution in [3.05, 3.63) is 145 Å². The third kappa shape index (κ3) is 3.82. The fourth-order valence-electron chi connectivity index (χ4n) is 6.50. The highest BCUT2D eigenvalue weighted by Crippen LogP contribution is 2.43. The van der Waals surface area contributed by atoms with Crippen LogP contribution in [0.5, 0.6) is 0 Å². The Balaban J connectivity index is 1.33. The Hall–Kier alpha value is -5.58. The number of hydrogen-bond acceptors (Lipinski definition) is 3. The summed E-state index contributed by atoms with van der Waals surface area (Å²) in [5.74, 6) is 1.84. The molecule has 0 atom stereocenters. The Labute approximate surface area is 258 Å². The van der Waals surface area contributed by atoms with Crippen LogP contribution in [0.15, 0.2) is 140 Å². The molecule has 44 heavy (non-hydrogen) atoms. The summed E-state index contributed by atoms with van der Waals surface area (Å²) in [6.45, 7) is 0. The van der Waals surface area contributed by atoms with Crippen LogP contribution in [0.4, 0.5) is 0 Å². The first-order chi connectivity index (χ1) is 21.7. The molecule has 9 aromatic rings. The number of rotatable bonds is 4. The van der Waals surface area contributed by atoms with Gasteiger partial charge < -0.3 is 0 Å². The zero-order valence-electron chi connectivity index (χ0n) is 23.4. The van der Waals surface area contributed by atoms with E-state index in [1.54, 1.807) is 0 Å². The minimum absolute atomic E-state index is 0.583. The Morgan fingerprint density at radius 1 is 0.409 bits per heavy atom. The Morgan fingerprint density at radius 3 is 1.57 bits per heavy atom. The first-order valence-corrected chi connectivity index (χ1v) is 14.9. The van der Waals surface area contributed by atoms with Crippen molar-refractivity contribution in [2.75, 3.05) is 0 Å². The molecule has 4 nitrogen and oxygen atoms in total. The van der Waals surface area contributed by atoms with Gasteiger partial charge in [0.2, 0.25) is 5.95 Å². The third-order valence-electron chi connectivity index (χ3n) is 8.48. The molecular formula is C39H23ClN4. The first-order valence-electron chi connectivity index (χ1n) is 14.6. The smallest absolute Gasteiger partial charge is 0.238 e. The maximum absolute atomic E-state index is 6.51. The van der Waals surface area contributed by atoms with E-state index in [2.05, 4.69) is 102 Å². The molecule has 0 unspecified atom stereocenters. The van der Waals surface area contributed by atoms with Crippen molar-refractivity contribution in [2.24, 2.45) is 0 Å². The van der Waals surface area contributed by atoms with Gasteiger partial charge in [0.1, 0.15) is 0 Å². The Bertz CT molecular complexity index is 2480. The Kier molecular flexibility index (Phi) is 5.52. The van der Waals surface area contributed by atoms with E-state index in [4.69, 9.17) is 26.6 Å². The SMILES string of the molecule is Clc1ccc2c(c1)c1cccc3c1c1c2cccc1n3-c1nc(-c2ccccc2)nc(-c2ccc(-c3ccccc3)cc2)n1. The van der Waals surface area contributed by atoms with Crippen molar-refractivity contribution in [2.45, 2.75) is 0 Å². The number of benzene rings is 7. The van der Waals surface area contributed by atoms with Gasteiger partial charge in [0.25, 0.3) is 0 Å². The summed E-state index contributed by atoms with van der Waals surface area (Å²) in [5.41, 5.74) is 6.29. The van der Waals surface area contributed by atoms with Crippen LogP contribution in [0, 0.1) is 0 Å². The number of hydrogen-bond donors (Lipinski definition) is 0. The van der Waals surface area contributed by atoms with Crippen molar-refractivity contribution in [3.8, 4) is 39.9 Å². The lowest BCUT2D eigenvalue weighted by atomic mass is 9.94. The van der Waals surface area contributed by atoms with Crippen LogP contribution in [-0.2, 0) is 0 Å². The summed E-state index contributed by atoms with van der Waals surface area (Å²) in [6.07, 6.45) is 0. The van der Waals surface area contributed by atoms with Gasteiger partial charge in [-0.3, -0.25) is 4.57 Å². The summed E-state index contributed by atoms with van der Waals surface area (Å²) in [7, 11) is 0. The van der Waals surface area contributed by atoms with Crippen LogP contribution in [-0.4, -0.2) is 19.5 Å². The number of fused-ring (bicyclic) bond motifs is 3. The highest BCUT2D eigenvalue weighted by Gasteiger charge is 2.22. The zero-order valence-corrected chi connectivity index (χ0v) is 24.2. The first kappa shape index (κ1) is 25.0. The fraction of sp³-hybridized carbons (Fsp3) is 0. The molecule has 0 bridgehead atoms. The van der Waals surface area contributed by atoms with Gasteiger partial charge in [-0.25, -0.2) is 4.98 Å². The highest BCUT2D eigenvalue weighted by atomic mass is 35.5. The molecule has 5 heteroatoms. The lowest BCUT2D eigenvalue weighted by Gasteiger charge is -2.11. The molecule has 206 valence electrons. The van der Waals surface area contributed by atoms with Gasteiger partial charge in [-0.1, -0.05) is 127 Å². The molecule has 2 aromatic heterocycles. The van der Waals surface area contributed by atoms with Crippen molar-refractivity contribution < 1.29 is 0 Å². The van der Waals surface area contributed by atoms with E-state index in [1.807, 2.05) is 42.5 Å². The van der Waals surface area contributed by atoms with E-state index in [9.17, 15) is 0 Å². The van der Waals surface area contributed by atoms with Crippen molar-refractivity contribution >= 4 is 55.0 Å². The van der Waals surface area contributed by atoms with Crippen LogP contribution in [0.25, 0.3) is 83.2 Å². The summed E-state index contributed by atoms with van der Waals surface area (Å²) >= 11 is 6.51. The van der Waals surface area contributed by atoms with Crippen molar-refractivity contribution in [1.82, 2.24) is 19.5 Å². The predicted octanol–water partition coefficient (Wildman–Crippen LogP) is 10.4. The van der Waals surface area contributed by atoms with Gasteiger partial charge in [0.15, 0.2) is 11.6 Å². The third-order valence-corrected chi connectivity index (χ3v) is 8.72. The predicted molar refractivity (Wildman–Crippen MR) is 182 cm³/mol. The molecule has 0 fully saturated rings. The Morgan fingerprint density at radius 2 is 0.932 bits per heavy atom. The summed E-state index contributed by atoms with van der Waals surface area (Å²) in [6, 6.07) is 48.0. The van der Waals surface area contributed by atoms with Crippen LogP contribution < -0.4 is 0 Å². The van der Waals surface area contributed by atoms with Gasteiger partial charge >= 0.3 is 0 Å². The van der Waals surface area contributed by atoms with Crippen LogP contribution >= 0.6 is 11.6 Å². The van der Waals surface area contributed by atoms with Crippen LogP contribution in [0.3, 0.4) is 0 Å². The van der Waals surface area contributed by atoms with Crippen molar-refractivity contribution in [3.63, 3.8) is 0 Å². The summed E-state index contributed by atoms with van der Waals surface area (Å²) in [5, 5.41) is 7.77. The lowest BCUT2D eigenvalue weighted by molar-refractivity contribution is 0.954.